The molecule has 12 heavy (non-hydrogen) atoms. The summed E-state index contributed by atoms with van der Waals surface area (Å²) in [5, 5.41) is 3.96. The van der Waals surface area contributed by atoms with Gasteiger partial charge in [0.2, 0.25) is 0 Å². The molecule has 1 aliphatic rings. The van der Waals surface area contributed by atoms with Crippen molar-refractivity contribution in [3.8, 4) is 0 Å². The van der Waals surface area contributed by atoms with Crippen molar-refractivity contribution in [1.29, 1.82) is 0 Å². The topological polar surface area (TPSA) is 39.9 Å². The molecule has 0 amide bonds. The Balaban J connectivity index is 1.74. The standard InChI is InChI=1S/C8H13N3O/c1-2-4-8(3-1)12-7-11-6-9-5-10-11/h5-6,8H,1-4,7H2. The molecule has 1 heterocycles. The first-order valence-corrected chi connectivity index (χ1v) is 4.39. The maximum atomic E-state index is 5.61. The van der Waals surface area contributed by atoms with Gasteiger partial charge in [-0.25, -0.2) is 9.67 Å². The summed E-state index contributed by atoms with van der Waals surface area (Å²) in [6.45, 7) is 0.546. The van der Waals surface area contributed by atoms with Gasteiger partial charge >= 0.3 is 0 Å². The third-order valence-electron chi connectivity index (χ3n) is 2.21. The van der Waals surface area contributed by atoms with E-state index in [0.717, 1.165) is 0 Å². The zero-order valence-corrected chi connectivity index (χ0v) is 7.02. The van der Waals surface area contributed by atoms with Gasteiger partial charge in [0.25, 0.3) is 0 Å². The molecule has 1 fully saturated rings. The second-order valence-electron chi connectivity index (χ2n) is 3.14. The first-order valence-electron chi connectivity index (χ1n) is 4.39. The molecule has 0 radical (unpaired) electrons. The zero-order chi connectivity index (χ0) is 8.23. The summed E-state index contributed by atoms with van der Waals surface area (Å²) in [6, 6.07) is 0. The van der Waals surface area contributed by atoms with Gasteiger partial charge in [-0.15, -0.1) is 0 Å². The molecule has 0 spiro atoms. The summed E-state index contributed by atoms with van der Waals surface area (Å²) in [4.78, 5) is 3.84. The second-order valence-corrected chi connectivity index (χ2v) is 3.14. The molecule has 0 N–H and O–H groups in total. The summed E-state index contributed by atoms with van der Waals surface area (Å²) < 4.78 is 7.31. The molecule has 0 aliphatic heterocycles. The van der Waals surface area contributed by atoms with E-state index >= 15 is 0 Å². The minimum absolute atomic E-state index is 0.453. The van der Waals surface area contributed by atoms with Crippen LogP contribution in [0.15, 0.2) is 12.7 Å². The minimum atomic E-state index is 0.453. The Kier molecular flexibility index (Phi) is 2.36. The molecule has 0 saturated heterocycles. The number of aromatic nitrogens is 3. The van der Waals surface area contributed by atoms with Crippen molar-refractivity contribution < 1.29 is 4.74 Å². The van der Waals surface area contributed by atoms with E-state index in [-0.39, 0.29) is 0 Å². The van der Waals surface area contributed by atoms with Crippen LogP contribution in [0.1, 0.15) is 25.7 Å². The van der Waals surface area contributed by atoms with Gasteiger partial charge in [0.1, 0.15) is 19.4 Å². The molecule has 0 aromatic carbocycles. The van der Waals surface area contributed by atoms with Crippen molar-refractivity contribution in [2.24, 2.45) is 0 Å². The van der Waals surface area contributed by atoms with E-state index in [2.05, 4.69) is 10.1 Å². The molecular weight excluding hydrogens is 154 g/mol. The van der Waals surface area contributed by atoms with E-state index in [4.69, 9.17) is 4.74 Å². The largest absolute Gasteiger partial charge is 0.356 e. The highest BCUT2D eigenvalue weighted by molar-refractivity contribution is 4.66. The molecule has 1 aromatic rings. The molecule has 4 nitrogen and oxygen atoms in total. The lowest BCUT2D eigenvalue weighted by atomic mass is 10.3. The van der Waals surface area contributed by atoms with Gasteiger partial charge in [-0.05, 0) is 12.8 Å². The predicted molar refractivity (Wildman–Crippen MR) is 43.4 cm³/mol. The van der Waals surface area contributed by atoms with Crippen molar-refractivity contribution >= 4 is 0 Å². The van der Waals surface area contributed by atoms with E-state index < -0.39 is 0 Å². The van der Waals surface area contributed by atoms with Crippen LogP contribution in [0.3, 0.4) is 0 Å². The summed E-state index contributed by atoms with van der Waals surface area (Å²) in [5.74, 6) is 0. The quantitative estimate of drug-likeness (QED) is 0.679. The van der Waals surface area contributed by atoms with E-state index in [9.17, 15) is 0 Å². The maximum Gasteiger partial charge on any atom is 0.141 e. The van der Waals surface area contributed by atoms with Gasteiger partial charge in [-0.2, -0.15) is 5.10 Å². The summed E-state index contributed by atoms with van der Waals surface area (Å²) in [6.07, 6.45) is 8.68. The first kappa shape index (κ1) is 7.73. The molecule has 66 valence electrons. The summed E-state index contributed by atoms with van der Waals surface area (Å²) in [5.41, 5.74) is 0. The average Bonchev–Trinajstić information content (AvgIpc) is 2.74. The van der Waals surface area contributed by atoms with E-state index in [1.54, 1.807) is 11.0 Å². The van der Waals surface area contributed by atoms with Crippen molar-refractivity contribution in [3.05, 3.63) is 12.7 Å². The Labute approximate surface area is 71.6 Å². The highest BCUT2D eigenvalue weighted by Gasteiger charge is 2.14. The van der Waals surface area contributed by atoms with Gasteiger partial charge in [0.05, 0.1) is 6.10 Å². The Hall–Kier alpha value is -0.900. The average molecular weight is 167 g/mol. The number of hydrogen-bond acceptors (Lipinski definition) is 3. The Morgan fingerprint density at radius 2 is 2.25 bits per heavy atom. The molecule has 2 rings (SSSR count). The third kappa shape index (κ3) is 1.82. The van der Waals surface area contributed by atoms with Crippen LogP contribution in [0, 0.1) is 0 Å². The van der Waals surface area contributed by atoms with Gasteiger partial charge in [-0.3, -0.25) is 0 Å². The number of rotatable bonds is 3. The van der Waals surface area contributed by atoms with Crippen molar-refractivity contribution in [2.75, 3.05) is 0 Å². The highest BCUT2D eigenvalue weighted by atomic mass is 16.5. The van der Waals surface area contributed by atoms with Gasteiger partial charge in [-0.1, -0.05) is 12.8 Å². The van der Waals surface area contributed by atoms with Crippen LogP contribution in [-0.2, 0) is 11.5 Å². The van der Waals surface area contributed by atoms with Crippen LogP contribution >= 0.6 is 0 Å². The molecule has 0 atom stereocenters. The zero-order valence-electron chi connectivity index (χ0n) is 7.02. The van der Waals surface area contributed by atoms with Gasteiger partial charge in [0, 0.05) is 0 Å². The number of nitrogens with zero attached hydrogens (tertiary/aromatic N) is 3. The van der Waals surface area contributed by atoms with Crippen molar-refractivity contribution in [3.63, 3.8) is 0 Å². The lowest BCUT2D eigenvalue weighted by Gasteiger charge is -2.09. The fourth-order valence-corrected chi connectivity index (χ4v) is 1.54. The van der Waals surface area contributed by atoms with Gasteiger partial charge < -0.3 is 4.74 Å². The maximum absolute atomic E-state index is 5.61. The van der Waals surface area contributed by atoms with E-state index in [1.165, 1.54) is 32.0 Å². The molecule has 1 aliphatic carbocycles. The molecular formula is C8H13N3O. The Morgan fingerprint density at radius 1 is 1.42 bits per heavy atom. The number of ether oxygens (including phenoxy) is 1. The minimum Gasteiger partial charge on any atom is -0.356 e. The monoisotopic (exact) mass is 167 g/mol. The van der Waals surface area contributed by atoms with Crippen LogP contribution in [0.2, 0.25) is 0 Å². The SMILES string of the molecule is c1ncn(COC2CCCC2)n1. The lowest BCUT2D eigenvalue weighted by molar-refractivity contribution is 0.00531. The van der Waals surface area contributed by atoms with Gasteiger partial charge in [0.15, 0.2) is 0 Å². The Morgan fingerprint density at radius 3 is 2.92 bits per heavy atom. The van der Waals surface area contributed by atoms with Crippen LogP contribution in [0.25, 0.3) is 0 Å². The second kappa shape index (κ2) is 3.67. The lowest BCUT2D eigenvalue weighted by Crippen LogP contribution is -2.11. The predicted octanol–water partition coefficient (Wildman–Crippen LogP) is 1.19. The summed E-state index contributed by atoms with van der Waals surface area (Å²) in [7, 11) is 0. The van der Waals surface area contributed by atoms with E-state index in [0.29, 0.717) is 12.8 Å². The summed E-state index contributed by atoms with van der Waals surface area (Å²) >= 11 is 0. The van der Waals surface area contributed by atoms with Crippen LogP contribution in [0.5, 0.6) is 0 Å². The van der Waals surface area contributed by atoms with Crippen LogP contribution < -0.4 is 0 Å². The fraction of sp³-hybridized carbons (Fsp3) is 0.750. The van der Waals surface area contributed by atoms with Crippen molar-refractivity contribution in [1.82, 2.24) is 14.8 Å². The normalized spacial score (nSPS) is 18.7. The van der Waals surface area contributed by atoms with E-state index in [1.807, 2.05) is 0 Å². The molecule has 1 saturated carbocycles. The number of hydrogen-bond donors (Lipinski definition) is 0. The van der Waals surface area contributed by atoms with Crippen molar-refractivity contribution in [2.45, 2.75) is 38.5 Å². The third-order valence-corrected chi connectivity index (χ3v) is 2.21. The van der Waals surface area contributed by atoms with Crippen LogP contribution in [-0.4, -0.2) is 20.9 Å². The molecule has 1 aromatic heterocycles. The smallest absolute Gasteiger partial charge is 0.141 e. The Bertz CT molecular complexity index is 216. The van der Waals surface area contributed by atoms with Crippen LogP contribution in [0.4, 0.5) is 0 Å². The highest BCUT2D eigenvalue weighted by Crippen LogP contribution is 2.20. The first-order chi connectivity index (χ1) is 5.95. The molecule has 4 heteroatoms. The fourth-order valence-electron chi connectivity index (χ4n) is 1.54. The molecule has 0 unspecified atom stereocenters. The molecule has 0 bridgehead atoms.